The molecule has 0 bridgehead atoms. The molecule has 0 aliphatic rings. The van der Waals surface area contributed by atoms with Gasteiger partial charge in [-0.15, -0.1) is 0 Å². The van der Waals surface area contributed by atoms with Crippen LogP contribution in [-0.4, -0.2) is 16.2 Å². The van der Waals surface area contributed by atoms with Crippen molar-refractivity contribution in [2.24, 2.45) is 0 Å². The van der Waals surface area contributed by atoms with Gasteiger partial charge in [0.25, 0.3) is 0 Å². The zero-order chi connectivity index (χ0) is 15.0. The van der Waals surface area contributed by atoms with Crippen LogP contribution in [0.3, 0.4) is 0 Å². The van der Waals surface area contributed by atoms with Crippen molar-refractivity contribution in [2.45, 2.75) is 6.92 Å². The molecule has 3 rings (SSSR count). The quantitative estimate of drug-likeness (QED) is 0.746. The van der Waals surface area contributed by atoms with Crippen LogP contribution in [0.4, 0.5) is 5.95 Å². The number of benzene rings is 2. The topological polar surface area (TPSA) is 53.1 Å². The Morgan fingerprint density at radius 2 is 2.14 bits per heavy atom. The van der Waals surface area contributed by atoms with Crippen LogP contribution in [0.25, 0.3) is 16.7 Å². The summed E-state index contributed by atoms with van der Waals surface area (Å²) in [5.74, 6) is 1.13. The lowest BCUT2D eigenvalue weighted by atomic mass is 10.2. The lowest BCUT2D eigenvalue weighted by molar-refractivity contribution is 0.344. The summed E-state index contributed by atoms with van der Waals surface area (Å²) in [7, 11) is 0. The maximum Gasteiger partial charge on any atom is 0.206 e. The van der Waals surface area contributed by atoms with Gasteiger partial charge >= 0.3 is 0 Å². The fourth-order valence-corrected chi connectivity index (χ4v) is 3.14. The molecule has 2 N–H and O–H groups in total. The van der Waals surface area contributed by atoms with Crippen molar-refractivity contribution >= 4 is 44.5 Å². The summed E-state index contributed by atoms with van der Waals surface area (Å²) in [5.41, 5.74) is 8.62. The van der Waals surface area contributed by atoms with E-state index >= 15 is 0 Å². The maximum atomic E-state index is 6.10. The van der Waals surface area contributed by atoms with E-state index in [1.54, 1.807) is 0 Å². The lowest BCUT2D eigenvalue weighted by Gasteiger charge is -2.09. The Balaban J connectivity index is 2.28. The second-order valence-corrected chi connectivity index (χ2v) is 5.75. The van der Waals surface area contributed by atoms with Crippen LogP contribution in [0.15, 0.2) is 40.9 Å². The van der Waals surface area contributed by atoms with Gasteiger partial charge in [0.05, 0.1) is 17.8 Å². The highest BCUT2D eigenvalue weighted by Crippen LogP contribution is 2.33. The van der Waals surface area contributed by atoms with Crippen molar-refractivity contribution in [2.75, 3.05) is 12.3 Å². The average molecular weight is 367 g/mol. The Bertz CT molecular complexity index is 816. The van der Waals surface area contributed by atoms with Crippen molar-refractivity contribution < 1.29 is 4.74 Å². The number of imidazole rings is 1. The number of ether oxygens (including phenoxy) is 1. The number of halogens is 2. The van der Waals surface area contributed by atoms with Gasteiger partial charge < -0.3 is 10.5 Å². The maximum absolute atomic E-state index is 6.10. The number of para-hydroxylation sites is 1. The summed E-state index contributed by atoms with van der Waals surface area (Å²) < 4.78 is 8.33. The van der Waals surface area contributed by atoms with E-state index in [1.807, 2.05) is 47.9 Å². The largest absolute Gasteiger partial charge is 0.492 e. The number of nitrogens with zero attached hydrogens (tertiary/aromatic N) is 2. The number of rotatable bonds is 3. The fourth-order valence-electron chi connectivity index (χ4n) is 2.28. The number of hydrogen-bond donors (Lipinski definition) is 1. The highest BCUT2D eigenvalue weighted by molar-refractivity contribution is 9.10. The van der Waals surface area contributed by atoms with Gasteiger partial charge in [0.2, 0.25) is 5.95 Å². The van der Waals surface area contributed by atoms with Gasteiger partial charge in [-0.1, -0.05) is 17.7 Å². The standard InChI is InChI=1S/C15H13BrClN3O/c1-2-21-13-5-3-4-12-14(13)19-15(18)20(12)11-7-6-9(17)8-10(11)16/h3-8H,2H2,1H3,(H2,18,19). The van der Waals surface area contributed by atoms with Crippen molar-refractivity contribution in [1.29, 1.82) is 0 Å². The minimum Gasteiger partial charge on any atom is -0.492 e. The molecule has 1 heterocycles. The zero-order valence-electron chi connectivity index (χ0n) is 11.3. The molecule has 0 aliphatic carbocycles. The first-order chi connectivity index (χ1) is 10.1. The number of nitrogen functional groups attached to an aromatic ring is 1. The van der Waals surface area contributed by atoms with E-state index in [1.165, 1.54) is 0 Å². The van der Waals surface area contributed by atoms with Crippen LogP contribution in [0.1, 0.15) is 6.92 Å². The van der Waals surface area contributed by atoms with Gasteiger partial charge in [0.15, 0.2) is 0 Å². The van der Waals surface area contributed by atoms with Gasteiger partial charge in [0.1, 0.15) is 11.3 Å². The Labute approximate surface area is 135 Å². The van der Waals surface area contributed by atoms with Gasteiger partial charge in [-0.05, 0) is 53.2 Å². The van der Waals surface area contributed by atoms with Crippen molar-refractivity contribution in [3.8, 4) is 11.4 Å². The predicted molar refractivity (Wildman–Crippen MR) is 89.4 cm³/mol. The van der Waals surface area contributed by atoms with Gasteiger partial charge in [0, 0.05) is 9.50 Å². The van der Waals surface area contributed by atoms with E-state index < -0.39 is 0 Å². The third kappa shape index (κ3) is 2.47. The van der Waals surface area contributed by atoms with Gasteiger partial charge in [-0.25, -0.2) is 4.98 Å². The summed E-state index contributed by atoms with van der Waals surface area (Å²) in [4.78, 5) is 4.43. The Morgan fingerprint density at radius 1 is 1.33 bits per heavy atom. The molecule has 0 spiro atoms. The number of hydrogen-bond acceptors (Lipinski definition) is 3. The summed E-state index contributed by atoms with van der Waals surface area (Å²) in [6.45, 7) is 2.52. The second kappa shape index (κ2) is 5.58. The minimum absolute atomic E-state index is 0.403. The second-order valence-electron chi connectivity index (χ2n) is 4.46. The predicted octanol–water partition coefficient (Wildman–Crippen LogP) is 4.42. The third-order valence-electron chi connectivity index (χ3n) is 3.12. The monoisotopic (exact) mass is 365 g/mol. The molecule has 1 aromatic heterocycles. The van der Waals surface area contributed by atoms with Crippen molar-refractivity contribution in [3.63, 3.8) is 0 Å². The Hall–Kier alpha value is -1.72. The third-order valence-corrected chi connectivity index (χ3v) is 3.99. The van der Waals surface area contributed by atoms with E-state index in [4.69, 9.17) is 22.1 Å². The first-order valence-electron chi connectivity index (χ1n) is 6.47. The summed E-state index contributed by atoms with van der Waals surface area (Å²) in [6.07, 6.45) is 0. The molecule has 3 aromatic rings. The molecule has 0 radical (unpaired) electrons. The molecule has 21 heavy (non-hydrogen) atoms. The molecule has 4 nitrogen and oxygen atoms in total. The SMILES string of the molecule is CCOc1cccc2c1nc(N)n2-c1ccc(Cl)cc1Br. The fraction of sp³-hybridized carbons (Fsp3) is 0.133. The zero-order valence-corrected chi connectivity index (χ0v) is 13.6. The van der Waals surface area contributed by atoms with Crippen LogP contribution in [0.2, 0.25) is 5.02 Å². The smallest absolute Gasteiger partial charge is 0.206 e. The Kier molecular flexibility index (Phi) is 3.78. The molecular formula is C15H13BrClN3O. The molecule has 108 valence electrons. The van der Waals surface area contributed by atoms with E-state index in [0.29, 0.717) is 17.6 Å². The van der Waals surface area contributed by atoms with Crippen LogP contribution in [0.5, 0.6) is 5.75 Å². The normalized spacial score (nSPS) is 11.0. The molecule has 0 saturated heterocycles. The molecular weight excluding hydrogens is 354 g/mol. The van der Waals surface area contributed by atoms with Gasteiger partial charge in [-0.3, -0.25) is 4.57 Å². The molecule has 6 heteroatoms. The molecule has 0 unspecified atom stereocenters. The molecule has 0 aliphatic heterocycles. The van der Waals surface area contributed by atoms with E-state index in [9.17, 15) is 0 Å². The van der Waals surface area contributed by atoms with Crippen molar-refractivity contribution in [3.05, 3.63) is 45.9 Å². The first-order valence-corrected chi connectivity index (χ1v) is 7.64. The molecule has 0 saturated carbocycles. The van der Waals surface area contributed by atoms with Crippen LogP contribution in [0, 0.1) is 0 Å². The molecule has 2 aromatic carbocycles. The van der Waals surface area contributed by atoms with Crippen molar-refractivity contribution in [1.82, 2.24) is 9.55 Å². The highest BCUT2D eigenvalue weighted by Gasteiger charge is 2.15. The first kappa shape index (κ1) is 14.2. The number of aromatic nitrogens is 2. The number of fused-ring (bicyclic) bond motifs is 1. The summed E-state index contributed by atoms with van der Waals surface area (Å²) in [5, 5.41) is 0.656. The average Bonchev–Trinajstić information content (AvgIpc) is 2.77. The van der Waals surface area contributed by atoms with Crippen LogP contribution < -0.4 is 10.5 Å². The number of nitrogens with two attached hydrogens (primary N) is 1. The molecule has 0 fully saturated rings. The van der Waals surface area contributed by atoms with E-state index in [0.717, 1.165) is 26.9 Å². The van der Waals surface area contributed by atoms with E-state index in [2.05, 4.69) is 20.9 Å². The summed E-state index contributed by atoms with van der Waals surface area (Å²) in [6, 6.07) is 11.3. The highest BCUT2D eigenvalue weighted by atomic mass is 79.9. The lowest BCUT2D eigenvalue weighted by Crippen LogP contribution is -2.01. The van der Waals surface area contributed by atoms with Crippen LogP contribution in [-0.2, 0) is 0 Å². The molecule has 0 amide bonds. The summed E-state index contributed by atoms with van der Waals surface area (Å²) >= 11 is 9.51. The Morgan fingerprint density at radius 3 is 2.86 bits per heavy atom. The number of anilines is 1. The van der Waals surface area contributed by atoms with Crippen LogP contribution >= 0.6 is 27.5 Å². The van der Waals surface area contributed by atoms with Gasteiger partial charge in [-0.2, -0.15) is 0 Å². The minimum atomic E-state index is 0.403. The van der Waals surface area contributed by atoms with E-state index in [-0.39, 0.29) is 0 Å². The molecule has 0 atom stereocenters.